The van der Waals surface area contributed by atoms with Crippen LogP contribution < -0.4 is 0 Å². The van der Waals surface area contributed by atoms with Gasteiger partial charge in [-0.25, -0.2) is 0 Å². The Labute approximate surface area is 175 Å². The Hall–Kier alpha value is -1.04. The molecule has 0 aromatic carbocycles. The van der Waals surface area contributed by atoms with Crippen LogP contribution in [0.4, 0.5) is 0 Å². The number of rotatable bonds is 5. The summed E-state index contributed by atoms with van der Waals surface area (Å²) in [6.07, 6.45) is 22.0. The predicted molar refractivity (Wildman–Crippen MR) is 124 cm³/mol. The first kappa shape index (κ1) is 21.7. The third-order valence-corrected chi connectivity index (χ3v) is 8.57. The SMILES string of the molecule is C=C1CCCC/C1=C/C=C1\CCC[C@@]2(C)C1CCC2[C@H](C)/C=C/[C@H](C)C(C)C. The van der Waals surface area contributed by atoms with Gasteiger partial charge in [-0.1, -0.05) is 76.6 Å². The molecule has 0 saturated heterocycles. The molecule has 5 atom stereocenters. The van der Waals surface area contributed by atoms with Crippen LogP contribution in [0.5, 0.6) is 0 Å². The van der Waals surface area contributed by atoms with Crippen molar-refractivity contribution in [3.8, 4) is 0 Å². The Bertz CT molecular complexity index is 643. The molecule has 0 bridgehead atoms. The summed E-state index contributed by atoms with van der Waals surface area (Å²) in [6.45, 7) is 16.4. The lowest BCUT2D eigenvalue weighted by atomic mass is 9.61. The zero-order valence-corrected chi connectivity index (χ0v) is 19.3. The molecule has 0 spiro atoms. The normalized spacial score (nSPS) is 36.4. The van der Waals surface area contributed by atoms with Crippen LogP contribution in [0.25, 0.3) is 0 Å². The van der Waals surface area contributed by atoms with Crippen molar-refractivity contribution in [2.45, 2.75) is 92.4 Å². The maximum atomic E-state index is 4.32. The molecule has 0 aromatic heterocycles. The van der Waals surface area contributed by atoms with Crippen molar-refractivity contribution in [2.75, 3.05) is 0 Å². The van der Waals surface area contributed by atoms with Gasteiger partial charge in [-0.3, -0.25) is 0 Å². The van der Waals surface area contributed by atoms with Crippen LogP contribution in [-0.2, 0) is 0 Å². The summed E-state index contributed by atoms with van der Waals surface area (Å²) in [4.78, 5) is 0. The topological polar surface area (TPSA) is 0 Å². The fraction of sp³-hybridized carbons (Fsp3) is 0.714. The van der Waals surface area contributed by atoms with Crippen LogP contribution in [0.3, 0.4) is 0 Å². The van der Waals surface area contributed by atoms with Crippen LogP contribution in [0.2, 0.25) is 0 Å². The van der Waals surface area contributed by atoms with Gasteiger partial charge in [-0.05, 0) is 98.4 Å². The van der Waals surface area contributed by atoms with Gasteiger partial charge in [-0.15, -0.1) is 0 Å². The Morgan fingerprint density at radius 1 is 0.929 bits per heavy atom. The monoisotopic (exact) mass is 380 g/mol. The van der Waals surface area contributed by atoms with E-state index in [1.54, 1.807) is 5.57 Å². The molecule has 3 rings (SSSR count). The van der Waals surface area contributed by atoms with E-state index in [4.69, 9.17) is 0 Å². The Morgan fingerprint density at radius 2 is 1.68 bits per heavy atom. The first-order chi connectivity index (χ1) is 13.3. The lowest BCUT2D eigenvalue weighted by molar-refractivity contribution is 0.112. The Balaban J connectivity index is 1.74. The van der Waals surface area contributed by atoms with Crippen molar-refractivity contribution in [2.24, 2.45) is 35.0 Å². The highest BCUT2D eigenvalue weighted by atomic mass is 14.5. The van der Waals surface area contributed by atoms with Gasteiger partial charge >= 0.3 is 0 Å². The molecule has 2 unspecified atom stereocenters. The number of hydrogen-bond donors (Lipinski definition) is 0. The van der Waals surface area contributed by atoms with E-state index < -0.39 is 0 Å². The third kappa shape index (κ3) is 4.58. The van der Waals surface area contributed by atoms with Crippen LogP contribution in [0, 0.1) is 35.0 Å². The van der Waals surface area contributed by atoms with E-state index in [1.807, 2.05) is 0 Å². The maximum Gasteiger partial charge on any atom is -0.0143 e. The quantitative estimate of drug-likeness (QED) is 0.418. The van der Waals surface area contributed by atoms with Crippen molar-refractivity contribution in [3.05, 3.63) is 47.6 Å². The number of allylic oxidation sites excluding steroid dienone is 7. The molecule has 3 aliphatic carbocycles. The zero-order valence-electron chi connectivity index (χ0n) is 19.3. The predicted octanol–water partition coefficient (Wildman–Crippen LogP) is 8.67. The van der Waals surface area contributed by atoms with Gasteiger partial charge in [-0.2, -0.15) is 0 Å². The molecule has 0 N–H and O–H groups in total. The highest BCUT2D eigenvalue weighted by Gasteiger charge is 2.50. The maximum absolute atomic E-state index is 4.32. The van der Waals surface area contributed by atoms with Gasteiger partial charge in [0, 0.05) is 0 Å². The van der Waals surface area contributed by atoms with Gasteiger partial charge in [0.05, 0.1) is 0 Å². The Kier molecular flexibility index (Phi) is 7.11. The molecule has 156 valence electrons. The van der Waals surface area contributed by atoms with Crippen LogP contribution in [0.1, 0.15) is 92.4 Å². The third-order valence-electron chi connectivity index (χ3n) is 8.57. The van der Waals surface area contributed by atoms with E-state index in [0.29, 0.717) is 17.3 Å². The lowest BCUT2D eigenvalue weighted by Crippen LogP contribution is -2.35. The van der Waals surface area contributed by atoms with E-state index in [9.17, 15) is 0 Å². The summed E-state index contributed by atoms with van der Waals surface area (Å²) in [6, 6.07) is 0. The summed E-state index contributed by atoms with van der Waals surface area (Å²) < 4.78 is 0. The van der Waals surface area contributed by atoms with Crippen LogP contribution in [0.15, 0.2) is 47.6 Å². The van der Waals surface area contributed by atoms with Crippen molar-refractivity contribution < 1.29 is 0 Å². The molecule has 3 saturated carbocycles. The zero-order chi connectivity index (χ0) is 20.3. The standard InChI is InChI=1S/C28H44/c1-20(2)21(3)13-14-23(5)26-17-18-27-25(12-9-19-28(26,27)6)16-15-24-11-8-7-10-22(24)4/h13-16,20-21,23,26-27H,4,7-12,17-19H2,1-3,5-6H3/b14-13+,24-15-,25-16+/t21-,23+,26?,27?,28+/m0/s1. The van der Waals surface area contributed by atoms with E-state index in [2.05, 4.69) is 65.5 Å². The second-order valence-electron chi connectivity index (χ2n) is 10.7. The molecular weight excluding hydrogens is 336 g/mol. The average molecular weight is 381 g/mol. The molecule has 28 heavy (non-hydrogen) atoms. The summed E-state index contributed by atoms with van der Waals surface area (Å²) in [7, 11) is 0. The van der Waals surface area contributed by atoms with E-state index in [0.717, 1.165) is 17.8 Å². The lowest BCUT2D eigenvalue weighted by Gasteiger charge is -2.44. The van der Waals surface area contributed by atoms with E-state index in [1.165, 1.54) is 68.9 Å². The van der Waals surface area contributed by atoms with Gasteiger partial charge < -0.3 is 0 Å². The van der Waals surface area contributed by atoms with Crippen molar-refractivity contribution in [1.82, 2.24) is 0 Å². The first-order valence-electron chi connectivity index (χ1n) is 12.1. The average Bonchev–Trinajstić information content (AvgIpc) is 3.02. The largest absolute Gasteiger partial charge is 0.0956 e. The van der Waals surface area contributed by atoms with Gasteiger partial charge in [0.15, 0.2) is 0 Å². The fourth-order valence-corrected chi connectivity index (χ4v) is 6.25. The van der Waals surface area contributed by atoms with Crippen molar-refractivity contribution in [1.29, 1.82) is 0 Å². The van der Waals surface area contributed by atoms with Crippen LogP contribution in [-0.4, -0.2) is 0 Å². The molecular formula is C28H44. The number of hydrogen-bond acceptors (Lipinski definition) is 0. The highest BCUT2D eigenvalue weighted by molar-refractivity contribution is 5.35. The molecule has 0 aromatic rings. The van der Waals surface area contributed by atoms with Crippen molar-refractivity contribution >= 4 is 0 Å². The Morgan fingerprint density at radius 3 is 2.39 bits per heavy atom. The second kappa shape index (κ2) is 9.19. The fourth-order valence-electron chi connectivity index (χ4n) is 6.25. The summed E-state index contributed by atoms with van der Waals surface area (Å²) >= 11 is 0. The highest BCUT2D eigenvalue weighted by Crippen LogP contribution is 2.59. The number of fused-ring (bicyclic) bond motifs is 1. The molecule has 0 nitrogen and oxygen atoms in total. The molecule has 0 heteroatoms. The van der Waals surface area contributed by atoms with Gasteiger partial charge in [0.2, 0.25) is 0 Å². The molecule has 0 aliphatic heterocycles. The molecule has 3 aliphatic rings. The first-order valence-corrected chi connectivity index (χ1v) is 12.1. The van der Waals surface area contributed by atoms with Crippen LogP contribution >= 0.6 is 0 Å². The summed E-state index contributed by atoms with van der Waals surface area (Å²) in [5.41, 5.74) is 5.16. The van der Waals surface area contributed by atoms with E-state index in [-0.39, 0.29) is 0 Å². The summed E-state index contributed by atoms with van der Waals surface area (Å²) in [5, 5.41) is 0. The minimum absolute atomic E-state index is 0.497. The molecule has 0 radical (unpaired) electrons. The smallest absolute Gasteiger partial charge is 0.0143 e. The van der Waals surface area contributed by atoms with Gasteiger partial charge in [0.1, 0.15) is 0 Å². The van der Waals surface area contributed by atoms with E-state index >= 15 is 0 Å². The minimum atomic E-state index is 0.497. The molecule has 0 amide bonds. The van der Waals surface area contributed by atoms with Gasteiger partial charge in [0.25, 0.3) is 0 Å². The molecule has 0 heterocycles. The second-order valence-corrected chi connectivity index (χ2v) is 10.7. The summed E-state index contributed by atoms with van der Waals surface area (Å²) in [5.74, 6) is 3.77. The minimum Gasteiger partial charge on any atom is -0.0956 e. The molecule has 3 fully saturated rings. The van der Waals surface area contributed by atoms with Crippen molar-refractivity contribution in [3.63, 3.8) is 0 Å².